The molecule has 0 amide bonds. The van der Waals surface area contributed by atoms with Crippen molar-refractivity contribution in [2.45, 2.75) is 39.0 Å². The molecule has 15 heavy (non-hydrogen) atoms. The van der Waals surface area contributed by atoms with Crippen LogP contribution in [0.5, 0.6) is 0 Å². The van der Waals surface area contributed by atoms with Crippen molar-refractivity contribution in [3.8, 4) is 0 Å². The third-order valence-electron chi connectivity index (χ3n) is 3.15. The Morgan fingerprint density at radius 3 is 3.00 bits per heavy atom. The Kier molecular flexibility index (Phi) is 5.69. The molecule has 0 bridgehead atoms. The van der Waals surface area contributed by atoms with Crippen LogP contribution in [0.2, 0.25) is 0 Å². The van der Waals surface area contributed by atoms with Gasteiger partial charge in [-0.1, -0.05) is 13.3 Å². The van der Waals surface area contributed by atoms with E-state index >= 15 is 0 Å². The van der Waals surface area contributed by atoms with Gasteiger partial charge in [-0.3, -0.25) is 4.79 Å². The summed E-state index contributed by atoms with van der Waals surface area (Å²) in [6.45, 7) is 5.75. The highest BCUT2D eigenvalue weighted by Gasteiger charge is 2.20. The fraction of sp³-hybridized carbons (Fsp3) is 0.917. The summed E-state index contributed by atoms with van der Waals surface area (Å²) >= 11 is 0. The summed E-state index contributed by atoms with van der Waals surface area (Å²) in [5, 5.41) is 0. The van der Waals surface area contributed by atoms with Crippen LogP contribution in [0.15, 0.2) is 0 Å². The average Bonchev–Trinajstić information content (AvgIpc) is 2.66. The summed E-state index contributed by atoms with van der Waals surface area (Å²) in [7, 11) is 1.45. The first kappa shape index (κ1) is 12.5. The normalized spacial score (nSPS) is 21.9. The minimum Gasteiger partial charge on any atom is -0.469 e. The molecule has 1 aliphatic rings. The van der Waals surface area contributed by atoms with Crippen LogP contribution in [0.3, 0.4) is 0 Å². The van der Waals surface area contributed by atoms with Crippen LogP contribution in [-0.2, 0) is 9.53 Å². The van der Waals surface area contributed by atoms with E-state index in [2.05, 4.69) is 16.6 Å². The van der Waals surface area contributed by atoms with Crippen molar-refractivity contribution in [2.75, 3.05) is 26.7 Å². The van der Waals surface area contributed by atoms with Crippen molar-refractivity contribution in [1.29, 1.82) is 0 Å². The minimum atomic E-state index is -0.0840. The molecule has 88 valence electrons. The molecular weight excluding hydrogens is 190 g/mol. The number of esters is 1. The number of hydrogen-bond donors (Lipinski definition) is 0. The van der Waals surface area contributed by atoms with Crippen molar-refractivity contribution in [3.05, 3.63) is 0 Å². The molecule has 1 unspecified atom stereocenters. The highest BCUT2D eigenvalue weighted by molar-refractivity contribution is 5.69. The van der Waals surface area contributed by atoms with Crippen LogP contribution < -0.4 is 0 Å². The standard InChI is InChI=1S/C12H23NO2/c1-3-5-11-7-9-13(10-11)8-4-6-12(14)15-2/h11H,3-10H2,1-2H3. The fourth-order valence-electron chi connectivity index (χ4n) is 2.31. The quantitative estimate of drug-likeness (QED) is 0.633. The van der Waals surface area contributed by atoms with Gasteiger partial charge in [0, 0.05) is 13.0 Å². The number of hydrogen-bond acceptors (Lipinski definition) is 3. The third kappa shape index (κ3) is 4.65. The van der Waals surface area contributed by atoms with Gasteiger partial charge in [0.1, 0.15) is 0 Å². The lowest BCUT2D eigenvalue weighted by Crippen LogP contribution is -2.22. The molecule has 3 heteroatoms. The van der Waals surface area contributed by atoms with Crippen molar-refractivity contribution in [2.24, 2.45) is 5.92 Å². The molecule has 0 N–H and O–H groups in total. The highest BCUT2D eigenvalue weighted by atomic mass is 16.5. The van der Waals surface area contributed by atoms with E-state index in [9.17, 15) is 4.79 Å². The number of carbonyl (C=O) groups excluding carboxylic acids is 1. The summed E-state index contributed by atoms with van der Waals surface area (Å²) in [5.74, 6) is 0.812. The monoisotopic (exact) mass is 213 g/mol. The Bertz CT molecular complexity index is 194. The lowest BCUT2D eigenvalue weighted by molar-refractivity contribution is -0.140. The number of likely N-dealkylation sites (tertiary alicyclic amines) is 1. The Morgan fingerprint density at radius 1 is 1.53 bits per heavy atom. The maximum atomic E-state index is 10.9. The molecule has 0 radical (unpaired) electrons. The summed E-state index contributed by atoms with van der Waals surface area (Å²) in [5.41, 5.74) is 0. The highest BCUT2D eigenvalue weighted by Crippen LogP contribution is 2.20. The molecule has 0 saturated carbocycles. The van der Waals surface area contributed by atoms with Gasteiger partial charge < -0.3 is 9.64 Å². The lowest BCUT2D eigenvalue weighted by atomic mass is 10.0. The van der Waals surface area contributed by atoms with Crippen LogP contribution in [0.4, 0.5) is 0 Å². The van der Waals surface area contributed by atoms with E-state index in [-0.39, 0.29) is 5.97 Å². The van der Waals surface area contributed by atoms with Gasteiger partial charge in [-0.25, -0.2) is 0 Å². The lowest BCUT2D eigenvalue weighted by Gasteiger charge is -2.15. The minimum absolute atomic E-state index is 0.0840. The first-order valence-corrected chi connectivity index (χ1v) is 6.05. The number of nitrogens with zero attached hydrogens (tertiary/aromatic N) is 1. The van der Waals surface area contributed by atoms with Gasteiger partial charge >= 0.3 is 5.97 Å². The molecule has 1 rings (SSSR count). The molecule has 0 spiro atoms. The molecule has 0 aromatic carbocycles. The Labute approximate surface area is 92.8 Å². The number of carbonyl (C=O) groups is 1. The first-order chi connectivity index (χ1) is 7.26. The van der Waals surface area contributed by atoms with Crippen LogP contribution in [-0.4, -0.2) is 37.6 Å². The Hall–Kier alpha value is -0.570. The molecule has 3 nitrogen and oxygen atoms in total. The maximum absolute atomic E-state index is 10.9. The second kappa shape index (κ2) is 6.83. The molecule has 0 aliphatic carbocycles. The van der Waals surface area contributed by atoms with Crippen LogP contribution in [0.25, 0.3) is 0 Å². The van der Waals surface area contributed by atoms with E-state index in [4.69, 9.17) is 0 Å². The van der Waals surface area contributed by atoms with E-state index < -0.39 is 0 Å². The molecule has 1 fully saturated rings. The summed E-state index contributed by atoms with van der Waals surface area (Å²) < 4.78 is 4.62. The van der Waals surface area contributed by atoms with Gasteiger partial charge in [-0.15, -0.1) is 0 Å². The van der Waals surface area contributed by atoms with Gasteiger partial charge in [0.2, 0.25) is 0 Å². The second-order valence-corrected chi connectivity index (χ2v) is 4.42. The van der Waals surface area contributed by atoms with Crippen molar-refractivity contribution in [3.63, 3.8) is 0 Å². The molecule has 1 atom stereocenters. The van der Waals surface area contributed by atoms with E-state index in [1.807, 2.05) is 0 Å². The van der Waals surface area contributed by atoms with Crippen molar-refractivity contribution >= 4 is 5.97 Å². The van der Waals surface area contributed by atoms with E-state index in [0.29, 0.717) is 6.42 Å². The molecule has 1 saturated heterocycles. The van der Waals surface area contributed by atoms with Gasteiger partial charge in [0.25, 0.3) is 0 Å². The summed E-state index contributed by atoms with van der Waals surface area (Å²) in [4.78, 5) is 13.4. The average molecular weight is 213 g/mol. The molecule has 1 aliphatic heterocycles. The van der Waals surface area contributed by atoms with Crippen LogP contribution >= 0.6 is 0 Å². The zero-order valence-electron chi connectivity index (χ0n) is 10.00. The molecule has 1 heterocycles. The third-order valence-corrected chi connectivity index (χ3v) is 3.15. The van der Waals surface area contributed by atoms with Gasteiger partial charge in [0.05, 0.1) is 7.11 Å². The predicted molar refractivity (Wildman–Crippen MR) is 60.7 cm³/mol. The van der Waals surface area contributed by atoms with Gasteiger partial charge in [0.15, 0.2) is 0 Å². The summed E-state index contributed by atoms with van der Waals surface area (Å²) in [6.07, 6.45) is 5.48. The maximum Gasteiger partial charge on any atom is 0.305 e. The predicted octanol–water partition coefficient (Wildman–Crippen LogP) is 2.06. The first-order valence-electron chi connectivity index (χ1n) is 6.05. The topological polar surface area (TPSA) is 29.5 Å². The summed E-state index contributed by atoms with van der Waals surface area (Å²) in [6, 6.07) is 0. The molecular formula is C12H23NO2. The number of ether oxygens (including phenoxy) is 1. The van der Waals surface area contributed by atoms with Gasteiger partial charge in [-0.2, -0.15) is 0 Å². The van der Waals surface area contributed by atoms with E-state index in [1.54, 1.807) is 0 Å². The Balaban J connectivity index is 2.06. The number of methoxy groups -OCH3 is 1. The smallest absolute Gasteiger partial charge is 0.305 e. The van der Waals surface area contributed by atoms with E-state index in [1.165, 1.54) is 39.5 Å². The Morgan fingerprint density at radius 2 is 2.33 bits per heavy atom. The second-order valence-electron chi connectivity index (χ2n) is 4.42. The van der Waals surface area contributed by atoms with Crippen LogP contribution in [0, 0.1) is 5.92 Å². The zero-order valence-corrected chi connectivity index (χ0v) is 10.00. The largest absolute Gasteiger partial charge is 0.469 e. The van der Waals surface area contributed by atoms with Crippen LogP contribution in [0.1, 0.15) is 39.0 Å². The van der Waals surface area contributed by atoms with E-state index in [0.717, 1.165) is 18.9 Å². The number of rotatable bonds is 6. The van der Waals surface area contributed by atoms with Crippen molar-refractivity contribution < 1.29 is 9.53 Å². The van der Waals surface area contributed by atoms with Crippen molar-refractivity contribution in [1.82, 2.24) is 4.90 Å². The van der Waals surface area contributed by atoms with Gasteiger partial charge in [-0.05, 0) is 38.3 Å². The fourth-order valence-corrected chi connectivity index (χ4v) is 2.31. The zero-order chi connectivity index (χ0) is 11.1. The SMILES string of the molecule is CCCC1CCN(CCCC(=O)OC)C1. The molecule has 0 aromatic rings. The molecule has 0 aromatic heterocycles.